The van der Waals surface area contributed by atoms with E-state index in [1.54, 1.807) is 23.1 Å². The molecule has 0 bridgehead atoms. The fraction of sp³-hybridized carbons (Fsp3) is 0.435. The number of alkyl halides is 3. The molecule has 0 spiro atoms. The molecule has 1 aliphatic rings. The van der Waals surface area contributed by atoms with E-state index in [4.69, 9.17) is 10.5 Å². The van der Waals surface area contributed by atoms with Crippen LogP contribution in [0.1, 0.15) is 36.5 Å². The van der Waals surface area contributed by atoms with E-state index in [1.165, 1.54) is 13.2 Å². The van der Waals surface area contributed by atoms with Gasteiger partial charge >= 0.3 is 6.18 Å². The van der Waals surface area contributed by atoms with Crippen LogP contribution in [-0.4, -0.2) is 35.8 Å². The summed E-state index contributed by atoms with van der Waals surface area (Å²) in [5, 5.41) is 10.6. The van der Waals surface area contributed by atoms with Gasteiger partial charge in [0.15, 0.2) is 0 Å². The Morgan fingerprint density at radius 2 is 1.94 bits per heavy atom. The molecule has 2 aromatic carbocycles. The third-order valence-corrected chi connectivity index (χ3v) is 5.56. The summed E-state index contributed by atoms with van der Waals surface area (Å²) in [5.74, 6) is 0.121. The maximum Gasteiger partial charge on any atom is 0.416 e. The highest BCUT2D eigenvalue weighted by molar-refractivity contribution is 5.79. The SMILES string of the molecule is CCN(Cc1cc(C(F)(F)F)ccc1-c1cc(CC(N)=O)ccc1OC)C(O)C1CC1. The number of ether oxygens (including phenoxy) is 1. The first-order valence-corrected chi connectivity index (χ1v) is 10.2. The van der Waals surface area contributed by atoms with Crippen LogP contribution in [0, 0.1) is 5.92 Å². The minimum atomic E-state index is -4.49. The molecule has 5 nitrogen and oxygen atoms in total. The number of hydrogen-bond acceptors (Lipinski definition) is 4. The fourth-order valence-electron chi connectivity index (χ4n) is 3.74. The molecule has 3 rings (SSSR count). The van der Waals surface area contributed by atoms with Gasteiger partial charge < -0.3 is 15.6 Å². The summed E-state index contributed by atoms with van der Waals surface area (Å²) < 4.78 is 45.7. The van der Waals surface area contributed by atoms with Gasteiger partial charge in [-0.25, -0.2) is 0 Å². The van der Waals surface area contributed by atoms with Crippen LogP contribution in [0.4, 0.5) is 13.2 Å². The molecule has 1 atom stereocenters. The van der Waals surface area contributed by atoms with Gasteiger partial charge in [0.1, 0.15) is 12.0 Å². The quantitative estimate of drug-likeness (QED) is 0.584. The van der Waals surface area contributed by atoms with Crippen molar-refractivity contribution in [1.82, 2.24) is 4.90 Å². The number of nitrogens with two attached hydrogens (primary N) is 1. The molecule has 0 aromatic heterocycles. The van der Waals surface area contributed by atoms with E-state index in [0.717, 1.165) is 25.0 Å². The van der Waals surface area contributed by atoms with Crippen LogP contribution in [0.15, 0.2) is 36.4 Å². The molecule has 1 unspecified atom stereocenters. The van der Waals surface area contributed by atoms with Crippen LogP contribution >= 0.6 is 0 Å². The normalized spacial score (nSPS) is 15.2. The number of aliphatic hydroxyl groups is 1. The molecule has 3 N–H and O–H groups in total. The van der Waals surface area contributed by atoms with Gasteiger partial charge in [0, 0.05) is 12.1 Å². The minimum Gasteiger partial charge on any atom is -0.496 e. The summed E-state index contributed by atoms with van der Waals surface area (Å²) in [7, 11) is 1.48. The van der Waals surface area contributed by atoms with Crippen molar-refractivity contribution in [2.24, 2.45) is 11.7 Å². The van der Waals surface area contributed by atoms with Crippen molar-refractivity contribution in [1.29, 1.82) is 0 Å². The number of hydrogen-bond donors (Lipinski definition) is 2. The van der Waals surface area contributed by atoms with E-state index in [-0.39, 0.29) is 18.9 Å². The summed E-state index contributed by atoms with van der Waals surface area (Å²) in [6, 6.07) is 8.66. The lowest BCUT2D eigenvalue weighted by Crippen LogP contribution is -2.36. The fourth-order valence-corrected chi connectivity index (χ4v) is 3.74. The average Bonchev–Trinajstić information content (AvgIpc) is 3.55. The Labute approximate surface area is 179 Å². The summed E-state index contributed by atoms with van der Waals surface area (Å²) in [6.45, 7) is 2.51. The maximum atomic E-state index is 13.4. The first-order chi connectivity index (χ1) is 14.6. The number of carbonyl (C=O) groups excluding carboxylic acids is 1. The van der Waals surface area contributed by atoms with Gasteiger partial charge in [-0.05, 0) is 66.3 Å². The zero-order chi connectivity index (χ0) is 22.8. The van der Waals surface area contributed by atoms with Crippen molar-refractivity contribution in [2.75, 3.05) is 13.7 Å². The largest absolute Gasteiger partial charge is 0.496 e. The Bertz CT molecular complexity index is 942. The van der Waals surface area contributed by atoms with Crippen molar-refractivity contribution in [3.8, 4) is 16.9 Å². The van der Waals surface area contributed by atoms with Crippen LogP contribution < -0.4 is 10.5 Å². The lowest BCUT2D eigenvalue weighted by Gasteiger charge is -2.28. The van der Waals surface area contributed by atoms with Crippen molar-refractivity contribution in [3.63, 3.8) is 0 Å². The molecule has 0 heterocycles. The van der Waals surface area contributed by atoms with E-state index in [0.29, 0.717) is 34.5 Å². The monoisotopic (exact) mass is 436 g/mol. The van der Waals surface area contributed by atoms with E-state index in [1.807, 2.05) is 6.92 Å². The van der Waals surface area contributed by atoms with Gasteiger partial charge in [0.05, 0.1) is 19.1 Å². The molecule has 1 aliphatic carbocycles. The second kappa shape index (κ2) is 9.28. The van der Waals surface area contributed by atoms with Crippen LogP contribution in [0.2, 0.25) is 0 Å². The first-order valence-electron chi connectivity index (χ1n) is 10.2. The maximum absolute atomic E-state index is 13.4. The smallest absolute Gasteiger partial charge is 0.416 e. The molecule has 0 aliphatic heterocycles. The minimum absolute atomic E-state index is 0.00837. The Balaban J connectivity index is 2.09. The zero-order valence-corrected chi connectivity index (χ0v) is 17.6. The second-order valence-corrected chi connectivity index (χ2v) is 7.86. The van der Waals surface area contributed by atoms with Crippen LogP contribution in [0.25, 0.3) is 11.1 Å². The Morgan fingerprint density at radius 1 is 1.23 bits per heavy atom. The first kappa shape index (κ1) is 23.1. The number of methoxy groups -OCH3 is 1. The summed E-state index contributed by atoms with van der Waals surface area (Å²) in [6.07, 6.45) is -3.35. The number of halogens is 3. The standard InChI is InChI=1S/C23H27F3N2O3/c1-3-28(22(30)15-5-6-15)13-16-12-17(23(24,25)26)7-8-18(16)19-10-14(11-21(27)29)4-9-20(19)31-2/h4,7-10,12,15,22,30H,3,5-6,11,13H2,1-2H3,(H2,27,29). The number of amides is 1. The Hall–Kier alpha value is -2.58. The van der Waals surface area contributed by atoms with Gasteiger partial charge in [-0.2, -0.15) is 13.2 Å². The lowest BCUT2D eigenvalue weighted by atomic mass is 9.94. The predicted molar refractivity (Wildman–Crippen MR) is 111 cm³/mol. The van der Waals surface area contributed by atoms with Gasteiger partial charge in [0.2, 0.25) is 5.91 Å². The summed E-state index contributed by atoms with van der Waals surface area (Å²) in [5.41, 5.74) is 6.73. The summed E-state index contributed by atoms with van der Waals surface area (Å²) in [4.78, 5) is 13.1. The van der Waals surface area contributed by atoms with Crippen LogP contribution in [0.3, 0.4) is 0 Å². The molecule has 0 saturated heterocycles. The molecular weight excluding hydrogens is 409 g/mol. The van der Waals surface area contributed by atoms with Gasteiger partial charge in [-0.15, -0.1) is 0 Å². The number of primary amides is 1. The number of rotatable bonds is 9. The van der Waals surface area contributed by atoms with E-state index >= 15 is 0 Å². The van der Waals surface area contributed by atoms with E-state index in [9.17, 15) is 23.1 Å². The van der Waals surface area contributed by atoms with Crippen LogP contribution in [-0.2, 0) is 23.9 Å². The van der Waals surface area contributed by atoms with Crippen molar-refractivity contribution < 1.29 is 27.8 Å². The van der Waals surface area contributed by atoms with Crippen molar-refractivity contribution in [2.45, 2.75) is 45.1 Å². The summed E-state index contributed by atoms with van der Waals surface area (Å²) >= 11 is 0. The molecule has 1 amide bonds. The second-order valence-electron chi connectivity index (χ2n) is 7.86. The molecule has 1 fully saturated rings. The van der Waals surface area contributed by atoms with Crippen LogP contribution in [0.5, 0.6) is 5.75 Å². The molecule has 31 heavy (non-hydrogen) atoms. The third-order valence-electron chi connectivity index (χ3n) is 5.56. The molecular formula is C23H27F3N2O3. The van der Waals surface area contributed by atoms with Crippen molar-refractivity contribution in [3.05, 3.63) is 53.1 Å². The molecule has 8 heteroatoms. The number of carbonyl (C=O) groups is 1. The van der Waals surface area contributed by atoms with E-state index < -0.39 is 23.9 Å². The van der Waals surface area contributed by atoms with Gasteiger partial charge in [-0.1, -0.05) is 19.1 Å². The predicted octanol–water partition coefficient (Wildman–Crippen LogP) is 3.96. The van der Waals surface area contributed by atoms with Gasteiger partial charge in [-0.3, -0.25) is 9.69 Å². The van der Waals surface area contributed by atoms with Crippen molar-refractivity contribution >= 4 is 5.91 Å². The molecule has 168 valence electrons. The van der Waals surface area contributed by atoms with E-state index in [2.05, 4.69) is 0 Å². The highest BCUT2D eigenvalue weighted by Gasteiger charge is 2.35. The number of aliphatic hydroxyl groups excluding tert-OH is 1. The number of nitrogens with zero attached hydrogens (tertiary/aromatic N) is 1. The molecule has 1 saturated carbocycles. The number of benzene rings is 2. The highest BCUT2D eigenvalue weighted by atomic mass is 19.4. The highest BCUT2D eigenvalue weighted by Crippen LogP contribution is 2.39. The molecule has 2 aromatic rings. The molecule has 0 radical (unpaired) electrons. The average molecular weight is 436 g/mol. The lowest BCUT2D eigenvalue weighted by molar-refractivity contribution is -0.137. The third kappa shape index (κ3) is 5.57. The Morgan fingerprint density at radius 3 is 2.48 bits per heavy atom. The zero-order valence-electron chi connectivity index (χ0n) is 17.6. The topological polar surface area (TPSA) is 75.8 Å². The van der Waals surface area contributed by atoms with Gasteiger partial charge in [0.25, 0.3) is 0 Å². The Kier molecular flexibility index (Phi) is 6.91.